The number of nitrogens with two attached hydrogens (primary N) is 1. The van der Waals surface area contributed by atoms with Crippen molar-refractivity contribution in [2.24, 2.45) is 12.8 Å². The Morgan fingerprint density at radius 1 is 1.37 bits per heavy atom. The first-order valence-corrected chi connectivity index (χ1v) is 6.65. The van der Waals surface area contributed by atoms with Gasteiger partial charge >= 0.3 is 0 Å². The lowest BCUT2D eigenvalue weighted by Gasteiger charge is -2.24. The molecular formula is C15H22N4. The first kappa shape index (κ1) is 13.6. The molecule has 0 amide bonds. The van der Waals surface area contributed by atoms with Gasteiger partial charge in [-0.05, 0) is 18.1 Å². The fraction of sp³-hybridized carbons (Fsp3) is 0.400. The molecule has 4 heteroatoms. The maximum absolute atomic E-state index is 6.19. The molecule has 1 aromatic heterocycles. The molecule has 0 aliphatic carbocycles. The molecule has 0 saturated heterocycles. The molecule has 2 aromatic rings. The van der Waals surface area contributed by atoms with Crippen LogP contribution in [0.5, 0.6) is 0 Å². The standard InChI is InChI=1S/C15H22N4/c1-4-14(16)13-7-5-6-8-15(13)18(2)10-12-9-17-19(3)11-12/h5-9,11,14H,4,10,16H2,1-3H3. The highest BCUT2D eigenvalue weighted by atomic mass is 15.2. The first-order chi connectivity index (χ1) is 9.11. The summed E-state index contributed by atoms with van der Waals surface area (Å²) in [6.07, 6.45) is 4.88. The van der Waals surface area contributed by atoms with Crippen LogP contribution in [-0.4, -0.2) is 16.8 Å². The van der Waals surface area contributed by atoms with E-state index in [1.165, 1.54) is 16.8 Å². The van der Waals surface area contributed by atoms with Crippen LogP contribution in [0.15, 0.2) is 36.7 Å². The van der Waals surface area contributed by atoms with E-state index in [-0.39, 0.29) is 6.04 Å². The molecule has 0 fully saturated rings. The van der Waals surface area contributed by atoms with Gasteiger partial charge < -0.3 is 10.6 Å². The summed E-state index contributed by atoms with van der Waals surface area (Å²) in [5.74, 6) is 0. The van der Waals surface area contributed by atoms with Crippen LogP contribution in [0.3, 0.4) is 0 Å². The molecule has 0 bridgehead atoms. The van der Waals surface area contributed by atoms with Crippen molar-refractivity contribution in [3.05, 3.63) is 47.8 Å². The molecule has 1 aromatic carbocycles. The zero-order valence-electron chi connectivity index (χ0n) is 11.9. The normalized spacial score (nSPS) is 12.4. The summed E-state index contributed by atoms with van der Waals surface area (Å²) < 4.78 is 1.83. The van der Waals surface area contributed by atoms with Gasteiger partial charge in [0.2, 0.25) is 0 Å². The Labute approximate surface area is 114 Å². The van der Waals surface area contributed by atoms with Gasteiger partial charge in [0.05, 0.1) is 6.20 Å². The maximum atomic E-state index is 6.19. The summed E-state index contributed by atoms with van der Waals surface area (Å²) in [5.41, 5.74) is 9.79. The van der Waals surface area contributed by atoms with Crippen LogP contribution in [0.2, 0.25) is 0 Å². The molecule has 0 aliphatic heterocycles. The molecular weight excluding hydrogens is 236 g/mol. The van der Waals surface area contributed by atoms with E-state index in [1.807, 2.05) is 30.2 Å². The second-order valence-corrected chi connectivity index (χ2v) is 4.95. The Balaban J connectivity index is 2.21. The van der Waals surface area contributed by atoms with Crippen LogP contribution in [-0.2, 0) is 13.6 Å². The Morgan fingerprint density at radius 2 is 2.11 bits per heavy atom. The average Bonchev–Trinajstić information content (AvgIpc) is 2.83. The highest BCUT2D eigenvalue weighted by molar-refractivity contribution is 5.54. The second kappa shape index (κ2) is 5.89. The number of anilines is 1. The monoisotopic (exact) mass is 258 g/mol. The van der Waals surface area contributed by atoms with Gasteiger partial charge in [-0.15, -0.1) is 0 Å². The number of nitrogens with zero attached hydrogens (tertiary/aromatic N) is 3. The van der Waals surface area contributed by atoms with Crippen molar-refractivity contribution in [2.45, 2.75) is 25.9 Å². The SMILES string of the molecule is CCC(N)c1ccccc1N(C)Cc1cnn(C)c1. The zero-order chi connectivity index (χ0) is 13.8. The summed E-state index contributed by atoms with van der Waals surface area (Å²) in [7, 11) is 4.03. The molecule has 0 spiro atoms. The van der Waals surface area contributed by atoms with Gasteiger partial charge in [-0.25, -0.2) is 0 Å². The lowest BCUT2D eigenvalue weighted by molar-refractivity contribution is 0.694. The quantitative estimate of drug-likeness (QED) is 0.896. The molecule has 1 unspecified atom stereocenters. The number of rotatable bonds is 5. The molecule has 0 aliphatic rings. The maximum Gasteiger partial charge on any atom is 0.0539 e. The summed E-state index contributed by atoms with van der Waals surface area (Å²) >= 11 is 0. The van der Waals surface area contributed by atoms with E-state index >= 15 is 0 Å². The van der Waals surface area contributed by atoms with Gasteiger partial charge in [-0.1, -0.05) is 25.1 Å². The summed E-state index contributed by atoms with van der Waals surface area (Å²) in [6.45, 7) is 2.95. The minimum Gasteiger partial charge on any atom is -0.370 e. The second-order valence-electron chi connectivity index (χ2n) is 4.95. The van der Waals surface area contributed by atoms with Crippen molar-refractivity contribution in [2.75, 3.05) is 11.9 Å². The number of aromatic nitrogens is 2. The lowest BCUT2D eigenvalue weighted by atomic mass is 10.0. The van der Waals surface area contributed by atoms with E-state index in [0.29, 0.717) is 0 Å². The topological polar surface area (TPSA) is 47.1 Å². The molecule has 0 saturated carbocycles. The fourth-order valence-electron chi connectivity index (χ4n) is 2.28. The predicted octanol–water partition coefficient (Wildman–Crippen LogP) is 2.47. The third-order valence-corrected chi connectivity index (χ3v) is 3.37. The summed E-state index contributed by atoms with van der Waals surface area (Å²) in [6, 6.07) is 8.44. The van der Waals surface area contributed by atoms with Crippen molar-refractivity contribution in [3.63, 3.8) is 0 Å². The van der Waals surface area contributed by atoms with Crippen molar-refractivity contribution in [3.8, 4) is 0 Å². The number of aryl methyl sites for hydroxylation is 1. The van der Waals surface area contributed by atoms with Gasteiger partial charge in [-0.3, -0.25) is 4.68 Å². The van der Waals surface area contributed by atoms with Crippen molar-refractivity contribution in [1.29, 1.82) is 0 Å². The molecule has 0 radical (unpaired) electrons. The smallest absolute Gasteiger partial charge is 0.0539 e. The van der Waals surface area contributed by atoms with Crippen molar-refractivity contribution < 1.29 is 0 Å². The van der Waals surface area contributed by atoms with Gasteiger partial charge in [0.25, 0.3) is 0 Å². The first-order valence-electron chi connectivity index (χ1n) is 6.65. The van der Waals surface area contributed by atoms with Crippen LogP contribution in [0.4, 0.5) is 5.69 Å². The highest BCUT2D eigenvalue weighted by Gasteiger charge is 2.12. The highest BCUT2D eigenvalue weighted by Crippen LogP contribution is 2.26. The average molecular weight is 258 g/mol. The molecule has 102 valence electrons. The van der Waals surface area contributed by atoms with E-state index in [2.05, 4.69) is 42.2 Å². The zero-order valence-corrected chi connectivity index (χ0v) is 11.9. The van der Waals surface area contributed by atoms with Gasteiger partial charge in [0, 0.05) is 44.1 Å². The minimum absolute atomic E-state index is 0.0903. The van der Waals surface area contributed by atoms with Crippen LogP contribution in [0, 0.1) is 0 Å². The summed E-state index contributed by atoms with van der Waals surface area (Å²) in [5, 5.41) is 4.20. The van der Waals surface area contributed by atoms with Gasteiger partial charge in [-0.2, -0.15) is 5.10 Å². The molecule has 19 heavy (non-hydrogen) atoms. The van der Waals surface area contributed by atoms with E-state index in [0.717, 1.165) is 13.0 Å². The number of para-hydroxylation sites is 1. The molecule has 1 atom stereocenters. The third-order valence-electron chi connectivity index (χ3n) is 3.37. The molecule has 1 heterocycles. The van der Waals surface area contributed by atoms with E-state index in [9.17, 15) is 0 Å². The van der Waals surface area contributed by atoms with Crippen molar-refractivity contribution >= 4 is 5.69 Å². The number of hydrogen-bond acceptors (Lipinski definition) is 3. The van der Waals surface area contributed by atoms with Crippen LogP contribution in [0.25, 0.3) is 0 Å². The molecule has 2 rings (SSSR count). The van der Waals surface area contributed by atoms with E-state index < -0.39 is 0 Å². The van der Waals surface area contributed by atoms with Gasteiger partial charge in [0.1, 0.15) is 0 Å². The Hall–Kier alpha value is -1.81. The van der Waals surface area contributed by atoms with E-state index in [4.69, 9.17) is 5.73 Å². The predicted molar refractivity (Wildman–Crippen MR) is 79.0 cm³/mol. The Kier molecular flexibility index (Phi) is 4.22. The lowest BCUT2D eigenvalue weighted by Crippen LogP contribution is -2.20. The Morgan fingerprint density at radius 3 is 2.74 bits per heavy atom. The molecule has 4 nitrogen and oxygen atoms in total. The van der Waals surface area contributed by atoms with Crippen molar-refractivity contribution in [1.82, 2.24) is 9.78 Å². The van der Waals surface area contributed by atoms with Crippen LogP contribution >= 0.6 is 0 Å². The Bertz CT molecular complexity index is 532. The minimum atomic E-state index is 0.0903. The van der Waals surface area contributed by atoms with Crippen LogP contribution in [0.1, 0.15) is 30.5 Å². The van der Waals surface area contributed by atoms with Crippen LogP contribution < -0.4 is 10.6 Å². The molecule has 2 N–H and O–H groups in total. The van der Waals surface area contributed by atoms with Gasteiger partial charge in [0.15, 0.2) is 0 Å². The number of hydrogen-bond donors (Lipinski definition) is 1. The third kappa shape index (κ3) is 3.15. The number of benzene rings is 1. The fourth-order valence-corrected chi connectivity index (χ4v) is 2.28. The van der Waals surface area contributed by atoms with E-state index in [1.54, 1.807) is 0 Å². The summed E-state index contributed by atoms with van der Waals surface area (Å²) in [4.78, 5) is 2.22. The largest absolute Gasteiger partial charge is 0.370 e.